The zero-order valence-corrected chi connectivity index (χ0v) is 11.5. The molecule has 0 amide bonds. The van der Waals surface area contributed by atoms with E-state index in [1.54, 1.807) is 6.07 Å². The van der Waals surface area contributed by atoms with Crippen LogP contribution in [-0.2, 0) is 11.8 Å². The van der Waals surface area contributed by atoms with Crippen molar-refractivity contribution in [2.75, 3.05) is 6.54 Å². The van der Waals surface area contributed by atoms with Gasteiger partial charge in [-0.3, -0.25) is 0 Å². The maximum atomic E-state index is 13.7. The molecule has 2 unspecified atom stereocenters. The van der Waals surface area contributed by atoms with E-state index in [1.165, 1.54) is 12.0 Å². The van der Waals surface area contributed by atoms with Crippen LogP contribution in [0.1, 0.15) is 44.7 Å². The fourth-order valence-corrected chi connectivity index (χ4v) is 3.48. The van der Waals surface area contributed by atoms with Crippen molar-refractivity contribution in [3.05, 3.63) is 35.1 Å². The zero-order chi connectivity index (χ0) is 13.0. The molecule has 0 bridgehead atoms. The average molecular weight is 247 g/mol. The van der Waals surface area contributed by atoms with E-state index in [2.05, 4.69) is 32.2 Å². The van der Waals surface area contributed by atoms with Crippen molar-refractivity contribution in [3.63, 3.8) is 0 Å². The lowest BCUT2D eigenvalue weighted by molar-refractivity contribution is 0.402. The highest BCUT2D eigenvalue weighted by atomic mass is 19.1. The van der Waals surface area contributed by atoms with Crippen LogP contribution in [0, 0.1) is 11.7 Å². The summed E-state index contributed by atoms with van der Waals surface area (Å²) in [6, 6.07) is 5.61. The number of fused-ring (bicyclic) bond motifs is 2. The van der Waals surface area contributed by atoms with Gasteiger partial charge in [-0.2, -0.15) is 0 Å². The molecular weight excluding hydrogens is 225 g/mol. The van der Waals surface area contributed by atoms with Crippen LogP contribution in [0.5, 0.6) is 0 Å². The van der Waals surface area contributed by atoms with E-state index in [-0.39, 0.29) is 11.4 Å². The van der Waals surface area contributed by atoms with E-state index >= 15 is 0 Å². The van der Waals surface area contributed by atoms with Gasteiger partial charge in [0, 0.05) is 11.0 Å². The monoisotopic (exact) mass is 247 g/mol. The molecule has 1 aromatic carbocycles. The first-order valence-electron chi connectivity index (χ1n) is 6.95. The minimum absolute atomic E-state index is 0.00111. The van der Waals surface area contributed by atoms with Gasteiger partial charge in [0.2, 0.25) is 0 Å². The lowest BCUT2D eigenvalue weighted by Crippen LogP contribution is -2.38. The van der Waals surface area contributed by atoms with E-state index in [0.29, 0.717) is 11.3 Å². The Morgan fingerprint density at radius 1 is 1.39 bits per heavy atom. The van der Waals surface area contributed by atoms with Crippen molar-refractivity contribution in [1.29, 1.82) is 0 Å². The predicted molar refractivity (Wildman–Crippen MR) is 72.3 cm³/mol. The molecule has 2 aliphatic rings. The first kappa shape index (κ1) is 12.2. The Balaban J connectivity index is 1.76. The Hall–Kier alpha value is -0.890. The maximum absolute atomic E-state index is 13.7. The fourth-order valence-electron chi connectivity index (χ4n) is 3.48. The molecule has 0 aromatic heterocycles. The minimum atomic E-state index is -0.00111. The molecule has 18 heavy (non-hydrogen) atoms. The molecule has 0 heterocycles. The lowest BCUT2D eigenvalue weighted by Gasteiger charge is -2.21. The molecule has 1 saturated carbocycles. The van der Waals surface area contributed by atoms with Crippen molar-refractivity contribution in [2.45, 2.75) is 51.0 Å². The van der Waals surface area contributed by atoms with Gasteiger partial charge in [0.15, 0.2) is 0 Å². The predicted octanol–water partition coefficient (Wildman–Crippen LogP) is 3.42. The highest BCUT2D eigenvalue weighted by Gasteiger charge is 2.57. The topological polar surface area (TPSA) is 12.0 Å². The number of rotatable bonds is 2. The summed E-state index contributed by atoms with van der Waals surface area (Å²) in [6.07, 6.45) is 3.29. The van der Waals surface area contributed by atoms with Crippen LogP contribution < -0.4 is 5.32 Å². The Morgan fingerprint density at radius 3 is 2.89 bits per heavy atom. The zero-order valence-electron chi connectivity index (χ0n) is 11.5. The first-order valence-corrected chi connectivity index (χ1v) is 6.95. The summed E-state index contributed by atoms with van der Waals surface area (Å²) in [5.74, 6) is 0.693. The Morgan fingerprint density at radius 2 is 2.17 bits per heavy atom. The van der Waals surface area contributed by atoms with Gasteiger partial charge >= 0.3 is 0 Å². The summed E-state index contributed by atoms with van der Waals surface area (Å²) in [7, 11) is 0. The van der Waals surface area contributed by atoms with E-state index in [4.69, 9.17) is 0 Å². The van der Waals surface area contributed by atoms with E-state index in [1.807, 2.05) is 6.07 Å². The molecule has 98 valence electrons. The van der Waals surface area contributed by atoms with E-state index in [0.717, 1.165) is 24.9 Å². The quantitative estimate of drug-likeness (QED) is 0.844. The smallest absolute Gasteiger partial charge is 0.126 e. The van der Waals surface area contributed by atoms with Crippen LogP contribution in [0.2, 0.25) is 0 Å². The van der Waals surface area contributed by atoms with Gasteiger partial charge in [-0.05, 0) is 69.7 Å². The molecule has 2 heteroatoms. The van der Waals surface area contributed by atoms with Crippen LogP contribution in [0.25, 0.3) is 0 Å². The Kier molecular flexibility index (Phi) is 2.57. The molecule has 0 radical (unpaired) electrons. The SMILES string of the molecule is CC(C)(C)NCC1CC12CCc1c(F)cccc12. The third-order valence-corrected chi connectivity index (χ3v) is 4.59. The summed E-state index contributed by atoms with van der Waals surface area (Å²) >= 11 is 0. The van der Waals surface area contributed by atoms with Gasteiger partial charge in [-0.15, -0.1) is 0 Å². The molecule has 2 aliphatic carbocycles. The van der Waals surface area contributed by atoms with Crippen molar-refractivity contribution < 1.29 is 4.39 Å². The summed E-state index contributed by atoms with van der Waals surface area (Å²) in [5, 5.41) is 3.59. The van der Waals surface area contributed by atoms with Crippen molar-refractivity contribution >= 4 is 0 Å². The molecule has 1 aromatic rings. The number of hydrogen-bond acceptors (Lipinski definition) is 1. The van der Waals surface area contributed by atoms with Crippen LogP contribution in [0.3, 0.4) is 0 Å². The number of halogens is 1. The largest absolute Gasteiger partial charge is 0.312 e. The third-order valence-electron chi connectivity index (χ3n) is 4.59. The van der Waals surface area contributed by atoms with Crippen LogP contribution in [0.15, 0.2) is 18.2 Å². The van der Waals surface area contributed by atoms with Crippen molar-refractivity contribution in [1.82, 2.24) is 5.32 Å². The second-order valence-electron chi connectivity index (χ2n) is 6.95. The highest BCUT2D eigenvalue weighted by molar-refractivity contribution is 5.45. The van der Waals surface area contributed by atoms with Gasteiger partial charge < -0.3 is 5.32 Å². The normalized spacial score (nSPS) is 29.7. The van der Waals surface area contributed by atoms with Crippen LogP contribution in [0.4, 0.5) is 4.39 Å². The summed E-state index contributed by atoms with van der Waals surface area (Å²) in [4.78, 5) is 0. The number of benzene rings is 1. The molecule has 3 rings (SSSR count). The van der Waals surface area contributed by atoms with Crippen molar-refractivity contribution in [2.24, 2.45) is 5.92 Å². The van der Waals surface area contributed by atoms with Gasteiger partial charge in [-0.1, -0.05) is 12.1 Å². The maximum Gasteiger partial charge on any atom is 0.126 e. The average Bonchev–Trinajstić information content (AvgIpc) is 2.85. The highest BCUT2D eigenvalue weighted by Crippen LogP contribution is 2.61. The van der Waals surface area contributed by atoms with Gasteiger partial charge in [0.1, 0.15) is 5.82 Å². The molecule has 1 spiro atoms. The van der Waals surface area contributed by atoms with Crippen molar-refractivity contribution in [3.8, 4) is 0 Å². The molecule has 1 fully saturated rings. The first-order chi connectivity index (χ1) is 8.42. The summed E-state index contributed by atoms with van der Waals surface area (Å²) < 4.78 is 13.7. The van der Waals surface area contributed by atoms with Gasteiger partial charge in [-0.25, -0.2) is 4.39 Å². The summed E-state index contributed by atoms with van der Waals surface area (Å²) in [6.45, 7) is 7.65. The second-order valence-corrected chi connectivity index (χ2v) is 6.95. The van der Waals surface area contributed by atoms with Gasteiger partial charge in [0.05, 0.1) is 0 Å². The number of nitrogens with one attached hydrogen (secondary N) is 1. The number of hydrogen-bond donors (Lipinski definition) is 1. The second kappa shape index (κ2) is 3.80. The Bertz CT molecular complexity index is 474. The third kappa shape index (κ3) is 1.87. The molecule has 0 saturated heterocycles. The van der Waals surface area contributed by atoms with E-state index in [9.17, 15) is 4.39 Å². The lowest BCUT2D eigenvalue weighted by atomic mass is 9.95. The summed E-state index contributed by atoms with van der Waals surface area (Å²) in [5.41, 5.74) is 2.75. The molecule has 0 aliphatic heterocycles. The molecule has 1 nitrogen and oxygen atoms in total. The molecule has 2 atom stereocenters. The Labute approximate surface area is 109 Å². The van der Waals surface area contributed by atoms with Gasteiger partial charge in [0.25, 0.3) is 0 Å². The van der Waals surface area contributed by atoms with E-state index < -0.39 is 0 Å². The minimum Gasteiger partial charge on any atom is -0.312 e. The fraction of sp³-hybridized carbons (Fsp3) is 0.625. The molecular formula is C16H22FN. The van der Waals surface area contributed by atoms with Crippen LogP contribution in [-0.4, -0.2) is 12.1 Å². The van der Waals surface area contributed by atoms with Crippen LogP contribution >= 0.6 is 0 Å². The standard InChI is InChI=1S/C16H22FN/c1-15(2,3)18-10-11-9-16(11)8-7-12-13(16)5-4-6-14(12)17/h4-6,11,18H,7-10H2,1-3H3. The molecule has 1 N–H and O–H groups in total.